The van der Waals surface area contributed by atoms with Crippen LogP contribution in [0.3, 0.4) is 0 Å². The lowest BCUT2D eigenvalue weighted by Gasteiger charge is -2.18. The van der Waals surface area contributed by atoms with Gasteiger partial charge in [-0.1, -0.05) is 30.3 Å². The summed E-state index contributed by atoms with van der Waals surface area (Å²) in [5.74, 6) is 1.06. The number of rotatable bonds is 3. The van der Waals surface area contributed by atoms with Crippen molar-refractivity contribution in [1.82, 2.24) is 4.98 Å². The van der Waals surface area contributed by atoms with Gasteiger partial charge in [0.05, 0.1) is 0 Å². The standard InChI is InChI=1S/C17H18N2O/c1-13-11-15(16(20)14-7-3-2-4-8-14)12-18-17(13)19-9-5-6-10-19/h2-4,7-8,11-12H,5-6,9-10H2,1H3. The van der Waals surface area contributed by atoms with E-state index in [1.807, 2.05) is 43.3 Å². The first-order chi connectivity index (χ1) is 9.75. The van der Waals surface area contributed by atoms with E-state index in [-0.39, 0.29) is 5.78 Å². The van der Waals surface area contributed by atoms with Crippen molar-refractivity contribution in [2.45, 2.75) is 19.8 Å². The minimum Gasteiger partial charge on any atom is -0.356 e. The molecule has 0 bridgehead atoms. The van der Waals surface area contributed by atoms with Crippen LogP contribution in [0, 0.1) is 6.92 Å². The van der Waals surface area contributed by atoms with Gasteiger partial charge in [0.25, 0.3) is 0 Å². The first kappa shape index (κ1) is 12.9. The van der Waals surface area contributed by atoms with Crippen molar-refractivity contribution >= 4 is 11.6 Å². The summed E-state index contributed by atoms with van der Waals surface area (Å²) >= 11 is 0. The van der Waals surface area contributed by atoms with Crippen molar-refractivity contribution in [3.63, 3.8) is 0 Å². The number of pyridine rings is 1. The maximum Gasteiger partial charge on any atom is 0.194 e. The van der Waals surface area contributed by atoms with Crippen molar-refractivity contribution < 1.29 is 4.79 Å². The molecule has 0 saturated carbocycles. The number of ketones is 1. The highest BCUT2D eigenvalue weighted by molar-refractivity contribution is 6.09. The molecular weight excluding hydrogens is 248 g/mol. The Hall–Kier alpha value is -2.16. The van der Waals surface area contributed by atoms with Gasteiger partial charge in [0.1, 0.15) is 5.82 Å². The first-order valence-corrected chi connectivity index (χ1v) is 7.07. The van der Waals surface area contributed by atoms with Gasteiger partial charge < -0.3 is 4.90 Å². The van der Waals surface area contributed by atoms with Crippen molar-refractivity contribution in [1.29, 1.82) is 0 Å². The van der Waals surface area contributed by atoms with E-state index in [0.29, 0.717) is 11.1 Å². The van der Waals surface area contributed by atoms with Crippen molar-refractivity contribution in [3.8, 4) is 0 Å². The Morgan fingerprint density at radius 3 is 2.45 bits per heavy atom. The lowest BCUT2D eigenvalue weighted by molar-refractivity contribution is 0.103. The molecule has 1 fully saturated rings. The molecule has 3 rings (SSSR count). The van der Waals surface area contributed by atoms with E-state index in [2.05, 4.69) is 9.88 Å². The molecule has 1 aromatic heterocycles. The van der Waals surface area contributed by atoms with E-state index < -0.39 is 0 Å². The molecule has 0 aliphatic carbocycles. The number of carbonyl (C=O) groups excluding carboxylic acids is 1. The lowest BCUT2D eigenvalue weighted by atomic mass is 10.0. The highest BCUT2D eigenvalue weighted by atomic mass is 16.1. The van der Waals surface area contributed by atoms with Gasteiger partial charge in [-0.25, -0.2) is 4.98 Å². The second kappa shape index (κ2) is 5.45. The Bertz CT molecular complexity index is 616. The van der Waals surface area contributed by atoms with E-state index in [4.69, 9.17) is 0 Å². The van der Waals surface area contributed by atoms with Crippen LogP contribution in [0.25, 0.3) is 0 Å². The summed E-state index contributed by atoms with van der Waals surface area (Å²) in [7, 11) is 0. The van der Waals surface area contributed by atoms with Crippen LogP contribution < -0.4 is 4.90 Å². The zero-order valence-corrected chi connectivity index (χ0v) is 11.7. The molecule has 0 amide bonds. The van der Waals surface area contributed by atoms with Crippen molar-refractivity contribution in [3.05, 3.63) is 59.3 Å². The first-order valence-electron chi connectivity index (χ1n) is 7.07. The third-order valence-electron chi connectivity index (χ3n) is 3.75. The Morgan fingerprint density at radius 1 is 1.10 bits per heavy atom. The van der Waals surface area contributed by atoms with Crippen LogP contribution in [-0.2, 0) is 0 Å². The van der Waals surface area contributed by atoms with E-state index in [1.54, 1.807) is 6.20 Å². The molecular formula is C17H18N2O. The zero-order valence-electron chi connectivity index (χ0n) is 11.7. The third kappa shape index (κ3) is 2.44. The monoisotopic (exact) mass is 266 g/mol. The molecule has 2 aromatic rings. The van der Waals surface area contributed by atoms with E-state index in [0.717, 1.165) is 24.5 Å². The topological polar surface area (TPSA) is 33.2 Å². The van der Waals surface area contributed by atoms with E-state index >= 15 is 0 Å². The number of hydrogen-bond acceptors (Lipinski definition) is 3. The fourth-order valence-corrected chi connectivity index (χ4v) is 2.71. The molecule has 0 N–H and O–H groups in total. The highest BCUT2D eigenvalue weighted by Crippen LogP contribution is 2.23. The summed E-state index contributed by atoms with van der Waals surface area (Å²) in [6.07, 6.45) is 4.16. The van der Waals surface area contributed by atoms with Crippen LogP contribution in [0.4, 0.5) is 5.82 Å². The van der Waals surface area contributed by atoms with Gasteiger partial charge in [0.15, 0.2) is 5.78 Å². The maximum absolute atomic E-state index is 12.4. The number of aryl methyl sites for hydroxylation is 1. The van der Waals surface area contributed by atoms with Gasteiger partial charge in [0.2, 0.25) is 0 Å². The molecule has 1 aliphatic rings. The molecule has 0 atom stereocenters. The predicted molar refractivity (Wildman–Crippen MR) is 80.3 cm³/mol. The van der Waals surface area contributed by atoms with Crippen LogP contribution >= 0.6 is 0 Å². The highest BCUT2D eigenvalue weighted by Gasteiger charge is 2.17. The van der Waals surface area contributed by atoms with Gasteiger partial charge in [-0.15, -0.1) is 0 Å². The van der Waals surface area contributed by atoms with Gasteiger partial charge in [-0.2, -0.15) is 0 Å². The zero-order chi connectivity index (χ0) is 13.9. The molecule has 0 spiro atoms. The predicted octanol–water partition coefficient (Wildman–Crippen LogP) is 3.22. The number of aromatic nitrogens is 1. The van der Waals surface area contributed by atoms with Crippen molar-refractivity contribution in [2.24, 2.45) is 0 Å². The van der Waals surface area contributed by atoms with E-state index in [9.17, 15) is 4.79 Å². The molecule has 3 nitrogen and oxygen atoms in total. The summed E-state index contributed by atoms with van der Waals surface area (Å²) in [5.41, 5.74) is 2.45. The molecule has 1 saturated heterocycles. The lowest BCUT2D eigenvalue weighted by Crippen LogP contribution is -2.20. The van der Waals surface area contributed by atoms with Crippen LogP contribution in [0.15, 0.2) is 42.6 Å². The van der Waals surface area contributed by atoms with Crippen LogP contribution in [-0.4, -0.2) is 23.9 Å². The van der Waals surface area contributed by atoms with Gasteiger partial charge in [0, 0.05) is 30.4 Å². The van der Waals surface area contributed by atoms with E-state index in [1.165, 1.54) is 12.8 Å². The summed E-state index contributed by atoms with van der Waals surface area (Å²) in [6, 6.07) is 11.3. The normalized spacial score (nSPS) is 14.6. The van der Waals surface area contributed by atoms with Crippen molar-refractivity contribution in [2.75, 3.05) is 18.0 Å². The molecule has 20 heavy (non-hydrogen) atoms. The number of anilines is 1. The van der Waals surface area contributed by atoms with Crippen LogP contribution in [0.5, 0.6) is 0 Å². The number of carbonyl (C=O) groups is 1. The smallest absolute Gasteiger partial charge is 0.194 e. The van der Waals surface area contributed by atoms with Gasteiger partial charge in [-0.3, -0.25) is 4.79 Å². The van der Waals surface area contributed by atoms with Crippen LogP contribution in [0.1, 0.15) is 34.3 Å². The number of nitrogens with zero attached hydrogens (tertiary/aromatic N) is 2. The number of benzene rings is 1. The third-order valence-corrected chi connectivity index (χ3v) is 3.75. The molecule has 0 radical (unpaired) electrons. The largest absolute Gasteiger partial charge is 0.356 e. The fourth-order valence-electron chi connectivity index (χ4n) is 2.71. The summed E-state index contributed by atoms with van der Waals surface area (Å²) in [5, 5.41) is 0. The quantitative estimate of drug-likeness (QED) is 0.800. The molecule has 0 unspecified atom stereocenters. The SMILES string of the molecule is Cc1cc(C(=O)c2ccccc2)cnc1N1CCCC1. The fraction of sp³-hybridized carbons (Fsp3) is 0.294. The summed E-state index contributed by atoms with van der Waals surface area (Å²) < 4.78 is 0. The molecule has 2 heterocycles. The second-order valence-corrected chi connectivity index (χ2v) is 5.25. The minimum absolute atomic E-state index is 0.0363. The Labute approximate surface area is 119 Å². The average Bonchev–Trinajstić information content (AvgIpc) is 3.01. The van der Waals surface area contributed by atoms with Gasteiger partial charge >= 0.3 is 0 Å². The summed E-state index contributed by atoms with van der Waals surface area (Å²) in [4.78, 5) is 19.2. The maximum atomic E-state index is 12.4. The summed E-state index contributed by atoms with van der Waals surface area (Å²) in [6.45, 7) is 4.17. The second-order valence-electron chi connectivity index (χ2n) is 5.25. The number of hydrogen-bond donors (Lipinski definition) is 0. The molecule has 3 heteroatoms. The molecule has 1 aromatic carbocycles. The minimum atomic E-state index is 0.0363. The molecule has 1 aliphatic heterocycles. The molecule has 102 valence electrons. The average molecular weight is 266 g/mol. The van der Waals surface area contributed by atoms with Crippen LogP contribution in [0.2, 0.25) is 0 Å². The Kier molecular flexibility index (Phi) is 3.50. The Balaban J connectivity index is 1.88. The Morgan fingerprint density at radius 2 is 1.80 bits per heavy atom. The van der Waals surface area contributed by atoms with Gasteiger partial charge in [-0.05, 0) is 31.4 Å².